The van der Waals surface area contributed by atoms with Gasteiger partial charge in [0.1, 0.15) is 0 Å². The highest BCUT2D eigenvalue weighted by Crippen LogP contribution is 2.29. The van der Waals surface area contributed by atoms with Gasteiger partial charge in [-0.2, -0.15) is 0 Å². The van der Waals surface area contributed by atoms with Gasteiger partial charge in [-0.05, 0) is 35.8 Å². The minimum absolute atomic E-state index is 0. The highest BCUT2D eigenvalue weighted by molar-refractivity contribution is 5.85. The molecule has 0 aliphatic carbocycles. The standard InChI is InChI=1S/C18H28N2O.ClH/c1-13-7-5-6-8-15(13)14(2)11-17(21)20-10-9-16(19)18(3,4)12-20;/h5-8,14,16H,9-12,19H2,1-4H3;1H. The van der Waals surface area contributed by atoms with E-state index < -0.39 is 0 Å². The lowest BCUT2D eigenvalue weighted by Crippen LogP contribution is -2.54. The molecule has 0 saturated carbocycles. The summed E-state index contributed by atoms with van der Waals surface area (Å²) in [4.78, 5) is 14.6. The number of carbonyl (C=O) groups is 1. The largest absolute Gasteiger partial charge is 0.342 e. The van der Waals surface area contributed by atoms with Gasteiger partial charge in [-0.3, -0.25) is 4.79 Å². The van der Waals surface area contributed by atoms with Crippen LogP contribution in [0.2, 0.25) is 0 Å². The van der Waals surface area contributed by atoms with Crippen molar-refractivity contribution in [1.82, 2.24) is 4.90 Å². The predicted molar refractivity (Wildman–Crippen MR) is 94.4 cm³/mol. The molecule has 2 N–H and O–H groups in total. The topological polar surface area (TPSA) is 46.3 Å². The van der Waals surface area contributed by atoms with Crippen LogP contribution in [-0.4, -0.2) is 29.9 Å². The second-order valence-corrected chi connectivity index (χ2v) is 7.16. The first-order chi connectivity index (χ1) is 9.81. The maximum atomic E-state index is 12.6. The molecule has 22 heavy (non-hydrogen) atoms. The fraction of sp³-hybridized carbons (Fsp3) is 0.611. The molecule has 1 aliphatic rings. The van der Waals surface area contributed by atoms with Crippen molar-refractivity contribution in [3.05, 3.63) is 35.4 Å². The van der Waals surface area contributed by atoms with Crippen LogP contribution in [0.3, 0.4) is 0 Å². The molecule has 124 valence electrons. The van der Waals surface area contributed by atoms with Crippen LogP contribution in [0.25, 0.3) is 0 Å². The van der Waals surface area contributed by atoms with Gasteiger partial charge >= 0.3 is 0 Å². The number of piperidine rings is 1. The Morgan fingerprint density at radius 3 is 2.64 bits per heavy atom. The number of halogens is 1. The van der Waals surface area contributed by atoms with Gasteiger partial charge in [0.15, 0.2) is 0 Å². The first-order valence-corrected chi connectivity index (χ1v) is 7.90. The van der Waals surface area contributed by atoms with Crippen LogP contribution in [0, 0.1) is 12.3 Å². The Labute approximate surface area is 140 Å². The van der Waals surface area contributed by atoms with Crippen LogP contribution in [0.1, 0.15) is 50.7 Å². The second-order valence-electron chi connectivity index (χ2n) is 7.16. The van der Waals surface area contributed by atoms with Crippen LogP contribution in [0.15, 0.2) is 24.3 Å². The van der Waals surface area contributed by atoms with E-state index in [2.05, 4.69) is 39.8 Å². The first-order valence-electron chi connectivity index (χ1n) is 7.90. The SMILES string of the molecule is Cc1ccccc1C(C)CC(=O)N1CCC(N)C(C)(C)C1.Cl. The zero-order valence-electron chi connectivity index (χ0n) is 14.1. The van der Waals surface area contributed by atoms with Crippen molar-refractivity contribution in [3.8, 4) is 0 Å². The van der Waals surface area contributed by atoms with E-state index in [9.17, 15) is 4.79 Å². The van der Waals surface area contributed by atoms with Gasteiger partial charge in [0.25, 0.3) is 0 Å². The first kappa shape index (κ1) is 19.0. The van der Waals surface area contributed by atoms with Gasteiger partial charge in [0.2, 0.25) is 5.91 Å². The van der Waals surface area contributed by atoms with E-state index in [4.69, 9.17) is 5.73 Å². The Kier molecular flexibility index (Phi) is 6.45. The summed E-state index contributed by atoms with van der Waals surface area (Å²) < 4.78 is 0. The maximum absolute atomic E-state index is 12.6. The average Bonchev–Trinajstić information content (AvgIpc) is 2.42. The molecule has 1 fully saturated rings. The molecule has 0 bridgehead atoms. The number of nitrogens with two attached hydrogens (primary N) is 1. The van der Waals surface area contributed by atoms with Gasteiger partial charge < -0.3 is 10.6 Å². The third-order valence-corrected chi connectivity index (χ3v) is 4.87. The fourth-order valence-corrected chi connectivity index (χ4v) is 3.23. The van der Waals surface area contributed by atoms with Crippen molar-refractivity contribution < 1.29 is 4.79 Å². The van der Waals surface area contributed by atoms with E-state index in [1.54, 1.807) is 0 Å². The van der Waals surface area contributed by atoms with Crippen LogP contribution >= 0.6 is 12.4 Å². The Morgan fingerprint density at radius 1 is 1.41 bits per heavy atom. The van der Waals surface area contributed by atoms with Crippen molar-refractivity contribution in [2.75, 3.05) is 13.1 Å². The molecule has 2 unspecified atom stereocenters. The zero-order valence-corrected chi connectivity index (χ0v) is 15.0. The van der Waals surface area contributed by atoms with E-state index in [1.807, 2.05) is 17.0 Å². The van der Waals surface area contributed by atoms with E-state index >= 15 is 0 Å². The summed E-state index contributed by atoms with van der Waals surface area (Å²) in [6.07, 6.45) is 1.48. The Morgan fingerprint density at radius 2 is 2.05 bits per heavy atom. The maximum Gasteiger partial charge on any atom is 0.223 e. The normalized spacial score (nSPS) is 21.9. The van der Waals surface area contributed by atoms with Crippen molar-refractivity contribution in [3.63, 3.8) is 0 Å². The van der Waals surface area contributed by atoms with E-state index in [0.29, 0.717) is 6.42 Å². The summed E-state index contributed by atoms with van der Waals surface area (Å²) in [5.41, 5.74) is 8.70. The van der Waals surface area contributed by atoms with Crippen LogP contribution in [-0.2, 0) is 4.79 Å². The number of hydrogen-bond donors (Lipinski definition) is 1. The summed E-state index contributed by atoms with van der Waals surface area (Å²) in [7, 11) is 0. The molecule has 2 atom stereocenters. The lowest BCUT2D eigenvalue weighted by atomic mass is 9.79. The number of carbonyl (C=O) groups excluding carboxylic acids is 1. The lowest BCUT2D eigenvalue weighted by Gasteiger charge is -2.43. The Hall–Kier alpha value is -1.06. The highest BCUT2D eigenvalue weighted by Gasteiger charge is 2.35. The van der Waals surface area contributed by atoms with Crippen LogP contribution < -0.4 is 5.73 Å². The predicted octanol–water partition coefficient (Wildman–Crippen LogP) is 3.50. The third kappa shape index (κ3) is 4.23. The molecule has 0 radical (unpaired) electrons. The Bertz CT molecular complexity index is 516. The number of likely N-dealkylation sites (tertiary alicyclic amines) is 1. The summed E-state index contributed by atoms with van der Waals surface area (Å²) in [6.45, 7) is 10.1. The molecule has 2 rings (SSSR count). The fourth-order valence-electron chi connectivity index (χ4n) is 3.23. The molecule has 1 saturated heterocycles. The monoisotopic (exact) mass is 324 g/mol. The molecular weight excluding hydrogens is 296 g/mol. The minimum Gasteiger partial charge on any atom is -0.342 e. The van der Waals surface area contributed by atoms with E-state index in [1.165, 1.54) is 11.1 Å². The summed E-state index contributed by atoms with van der Waals surface area (Å²) in [6, 6.07) is 8.52. The third-order valence-electron chi connectivity index (χ3n) is 4.87. The van der Waals surface area contributed by atoms with Gasteiger partial charge in [0.05, 0.1) is 0 Å². The van der Waals surface area contributed by atoms with Gasteiger partial charge in [-0.25, -0.2) is 0 Å². The van der Waals surface area contributed by atoms with Crippen LogP contribution in [0.4, 0.5) is 0 Å². The molecule has 1 amide bonds. The highest BCUT2D eigenvalue weighted by atomic mass is 35.5. The van der Waals surface area contributed by atoms with E-state index in [0.717, 1.165) is 19.5 Å². The van der Waals surface area contributed by atoms with E-state index in [-0.39, 0.29) is 35.7 Å². The van der Waals surface area contributed by atoms with Gasteiger partial charge in [-0.15, -0.1) is 12.4 Å². The minimum atomic E-state index is 0. The lowest BCUT2D eigenvalue weighted by molar-refractivity contribution is -0.135. The van der Waals surface area contributed by atoms with Crippen LogP contribution in [0.5, 0.6) is 0 Å². The second kappa shape index (κ2) is 7.47. The molecule has 1 aromatic rings. The van der Waals surface area contributed by atoms with Crippen molar-refractivity contribution in [2.45, 2.75) is 52.5 Å². The van der Waals surface area contributed by atoms with Crippen molar-refractivity contribution >= 4 is 18.3 Å². The average molecular weight is 325 g/mol. The molecule has 4 heteroatoms. The quantitative estimate of drug-likeness (QED) is 0.925. The zero-order chi connectivity index (χ0) is 15.6. The molecule has 1 heterocycles. The number of benzene rings is 1. The molecular formula is C18H29ClN2O. The summed E-state index contributed by atoms with van der Waals surface area (Å²) >= 11 is 0. The Balaban J connectivity index is 0.00000242. The summed E-state index contributed by atoms with van der Waals surface area (Å²) in [5, 5.41) is 0. The number of hydrogen-bond acceptors (Lipinski definition) is 2. The van der Waals surface area contributed by atoms with Gasteiger partial charge in [-0.1, -0.05) is 45.0 Å². The molecule has 1 aromatic carbocycles. The summed E-state index contributed by atoms with van der Waals surface area (Å²) in [5.74, 6) is 0.517. The molecule has 0 aromatic heterocycles. The molecule has 1 aliphatic heterocycles. The number of nitrogens with zero attached hydrogens (tertiary/aromatic N) is 1. The van der Waals surface area contributed by atoms with Gasteiger partial charge in [0, 0.05) is 25.6 Å². The van der Waals surface area contributed by atoms with Crippen molar-refractivity contribution in [1.29, 1.82) is 0 Å². The van der Waals surface area contributed by atoms with Crippen molar-refractivity contribution in [2.24, 2.45) is 11.1 Å². The molecule has 3 nitrogen and oxygen atoms in total. The number of amides is 1. The molecule has 0 spiro atoms. The number of aryl methyl sites for hydroxylation is 1. The smallest absolute Gasteiger partial charge is 0.223 e. The number of rotatable bonds is 3.